The second-order valence-corrected chi connectivity index (χ2v) is 11.8. The lowest BCUT2D eigenvalue weighted by molar-refractivity contribution is 0.0607. The molecule has 1 N–H and O–H groups in total. The number of anilines is 2. The van der Waals surface area contributed by atoms with Gasteiger partial charge in [-0.1, -0.05) is 18.5 Å². The minimum Gasteiger partial charge on any atom is -0.356 e. The van der Waals surface area contributed by atoms with Gasteiger partial charge in [0, 0.05) is 36.9 Å². The first-order valence-electron chi connectivity index (χ1n) is 11.9. The molecule has 11 heteroatoms. The van der Waals surface area contributed by atoms with E-state index in [1.807, 2.05) is 18.3 Å². The Morgan fingerprint density at radius 2 is 1.97 bits per heavy atom. The highest BCUT2D eigenvalue weighted by molar-refractivity contribution is 7.92. The molecule has 3 aromatic rings. The SMILES string of the molecule is C[C@@H]1CCN(c2ccn3nc([C@@H]4CCCCN4C(=O)c4cc(Cl)ccc4NS(C)(=O)=O)cc3n2)C1. The largest absolute Gasteiger partial charge is 0.356 e. The van der Waals surface area contributed by atoms with Gasteiger partial charge in [-0.3, -0.25) is 9.52 Å². The Hall–Kier alpha value is -2.85. The van der Waals surface area contributed by atoms with Crippen LogP contribution < -0.4 is 9.62 Å². The molecule has 1 amide bonds. The topological polar surface area (TPSA) is 99.9 Å². The monoisotopic (exact) mass is 516 g/mol. The van der Waals surface area contributed by atoms with Crippen LogP contribution in [0.2, 0.25) is 5.02 Å². The van der Waals surface area contributed by atoms with Gasteiger partial charge in [0.15, 0.2) is 5.65 Å². The Bertz CT molecular complexity index is 1370. The number of aromatic nitrogens is 3. The summed E-state index contributed by atoms with van der Waals surface area (Å²) in [5.41, 5.74) is 1.96. The van der Waals surface area contributed by atoms with Gasteiger partial charge < -0.3 is 9.80 Å². The van der Waals surface area contributed by atoms with Crippen molar-refractivity contribution in [1.82, 2.24) is 19.5 Å². The molecule has 0 aliphatic carbocycles. The summed E-state index contributed by atoms with van der Waals surface area (Å²) in [5.74, 6) is 1.32. The van der Waals surface area contributed by atoms with Gasteiger partial charge in [0.1, 0.15) is 5.82 Å². The van der Waals surface area contributed by atoms with E-state index in [0.717, 1.165) is 62.2 Å². The van der Waals surface area contributed by atoms with Gasteiger partial charge in [0.05, 0.1) is 29.2 Å². The lowest BCUT2D eigenvalue weighted by atomic mass is 9.98. The molecule has 9 nitrogen and oxygen atoms in total. The number of hydrogen-bond acceptors (Lipinski definition) is 6. The fourth-order valence-corrected chi connectivity index (χ4v) is 5.74. The van der Waals surface area contributed by atoms with Gasteiger partial charge in [-0.2, -0.15) is 5.10 Å². The second kappa shape index (κ2) is 9.31. The van der Waals surface area contributed by atoms with Crippen LogP contribution >= 0.6 is 11.6 Å². The van der Waals surface area contributed by atoms with Crippen LogP contribution in [0.25, 0.3) is 5.65 Å². The number of likely N-dealkylation sites (tertiary alicyclic amines) is 1. The van der Waals surface area contributed by atoms with Gasteiger partial charge in [-0.15, -0.1) is 0 Å². The van der Waals surface area contributed by atoms with Crippen LogP contribution in [0.4, 0.5) is 11.5 Å². The number of sulfonamides is 1. The van der Waals surface area contributed by atoms with Gasteiger partial charge >= 0.3 is 0 Å². The van der Waals surface area contributed by atoms with E-state index in [1.165, 1.54) is 12.1 Å². The van der Waals surface area contributed by atoms with Gasteiger partial charge in [0.2, 0.25) is 10.0 Å². The first-order valence-corrected chi connectivity index (χ1v) is 14.1. The molecule has 2 fully saturated rings. The predicted molar refractivity (Wildman–Crippen MR) is 137 cm³/mol. The van der Waals surface area contributed by atoms with Gasteiger partial charge in [-0.05, 0) is 55.9 Å². The average molecular weight is 517 g/mol. The molecule has 4 heterocycles. The Kier molecular flexibility index (Phi) is 6.35. The van der Waals surface area contributed by atoms with Crippen LogP contribution in [-0.4, -0.2) is 59.7 Å². The number of nitrogens with one attached hydrogen (secondary N) is 1. The second-order valence-electron chi connectivity index (χ2n) is 9.57. The van der Waals surface area contributed by atoms with E-state index >= 15 is 0 Å². The van der Waals surface area contributed by atoms with E-state index in [0.29, 0.717) is 17.5 Å². The van der Waals surface area contributed by atoms with Crippen molar-refractivity contribution in [2.24, 2.45) is 5.92 Å². The molecule has 2 saturated heterocycles. The predicted octanol–water partition coefficient (Wildman–Crippen LogP) is 3.97. The standard InChI is InChI=1S/C24H29ClN6O3S/c1-16-8-11-29(15-16)22-9-12-31-23(26-22)14-20(27-31)21-5-3-4-10-30(21)24(32)18-13-17(25)6-7-19(18)28-35(2,33)34/h6-7,9,12-14,16,21,28H,3-5,8,10-11,15H2,1-2H3/t16-,21+/m1/s1. The normalized spacial score (nSPS) is 21.0. The number of nitrogens with zero attached hydrogens (tertiary/aromatic N) is 5. The van der Waals surface area contributed by atoms with Crippen LogP contribution in [0, 0.1) is 5.92 Å². The zero-order valence-electron chi connectivity index (χ0n) is 19.8. The number of rotatable bonds is 5. The smallest absolute Gasteiger partial charge is 0.256 e. The molecule has 186 valence electrons. The van der Waals surface area contributed by atoms with E-state index in [9.17, 15) is 13.2 Å². The molecule has 2 aromatic heterocycles. The van der Waals surface area contributed by atoms with Crippen LogP contribution in [-0.2, 0) is 10.0 Å². The summed E-state index contributed by atoms with van der Waals surface area (Å²) in [6.07, 6.45) is 6.74. The molecule has 0 unspecified atom stereocenters. The molecular weight excluding hydrogens is 488 g/mol. The Labute approximate surface area is 210 Å². The number of carbonyl (C=O) groups excluding carboxylic acids is 1. The van der Waals surface area contributed by atoms with Crippen molar-refractivity contribution >= 4 is 44.7 Å². The van der Waals surface area contributed by atoms with E-state index in [4.69, 9.17) is 21.7 Å². The van der Waals surface area contributed by atoms with Gasteiger partial charge in [0.25, 0.3) is 5.91 Å². The number of fused-ring (bicyclic) bond motifs is 1. The summed E-state index contributed by atoms with van der Waals surface area (Å²) in [7, 11) is -3.57. The van der Waals surface area contributed by atoms with Crippen LogP contribution in [0.3, 0.4) is 0 Å². The maximum atomic E-state index is 13.7. The number of piperidine rings is 1. The molecule has 35 heavy (non-hydrogen) atoms. The average Bonchev–Trinajstić information content (AvgIpc) is 3.44. The summed E-state index contributed by atoms with van der Waals surface area (Å²) in [6, 6.07) is 8.29. The quantitative estimate of drug-likeness (QED) is 0.551. The number of benzene rings is 1. The third kappa shape index (κ3) is 5.08. The molecule has 0 radical (unpaired) electrons. The van der Waals surface area contributed by atoms with E-state index < -0.39 is 10.0 Å². The summed E-state index contributed by atoms with van der Waals surface area (Å²) < 4.78 is 27.9. The molecule has 2 atom stereocenters. The van der Waals surface area contributed by atoms with Crippen molar-refractivity contribution in [3.05, 3.63) is 52.8 Å². The van der Waals surface area contributed by atoms with E-state index in [1.54, 1.807) is 15.5 Å². The highest BCUT2D eigenvalue weighted by atomic mass is 35.5. The summed E-state index contributed by atoms with van der Waals surface area (Å²) in [4.78, 5) is 22.6. The molecule has 2 aliphatic rings. The van der Waals surface area contributed by atoms with Crippen molar-refractivity contribution in [2.75, 3.05) is 35.5 Å². The van der Waals surface area contributed by atoms with Crippen molar-refractivity contribution in [1.29, 1.82) is 0 Å². The summed E-state index contributed by atoms with van der Waals surface area (Å²) >= 11 is 6.18. The Morgan fingerprint density at radius 3 is 2.71 bits per heavy atom. The lowest BCUT2D eigenvalue weighted by Crippen LogP contribution is -2.39. The Balaban J connectivity index is 1.46. The first-order chi connectivity index (χ1) is 16.7. The van der Waals surface area contributed by atoms with E-state index in [-0.39, 0.29) is 23.2 Å². The lowest BCUT2D eigenvalue weighted by Gasteiger charge is -2.35. The zero-order chi connectivity index (χ0) is 24.7. The van der Waals surface area contributed by atoms with Crippen LogP contribution in [0.1, 0.15) is 54.7 Å². The van der Waals surface area contributed by atoms with Gasteiger partial charge in [-0.25, -0.2) is 17.9 Å². The third-order valence-electron chi connectivity index (χ3n) is 6.69. The third-order valence-corrected chi connectivity index (χ3v) is 7.51. The molecule has 5 rings (SSSR count). The van der Waals surface area contributed by atoms with Crippen LogP contribution in [0.5, 0.6) is 0 Å². The number of hydrogen-bond donors (Lipinski definition) is 1. The zero-order valence-corrected chi connectivity index (χ0v) is 21.4. The van der Waals surface area contributed by atoms with Crippen molar-refractivity contribution < 1.29 is 13.2 Å². The van der Waals surface area contributed by atoms with Crippen molar-refractivity contribution in [2.45, 2.75) is 38.6 Å². The highest BCUT2D eigenvalue weighted by Crippen LogP contribution is 2.34. The highest BCUT2D eigenvalue weighted by Gasteiger charge is 2.32. The minimum absolute atomic E-state index is 0.215. The Morgan fingerprint density at radius 1 is 1.14 bits per heavy atom. The fraction of sp³-hybridized carbons (Fsp3) is 0.458. The first kappa shape index (κ1) is 23.9. The number of halogens is 1. The fourth-order valence-electron chi connectivity index (χ4n) is 4.99. The molecule has 0 bridgehead atoms. The van der Waals surface area contributed by atoms with Crippen molar-refractivity contribution in [3.63, 3.8) is 0 Å². The molecule has 2 aliphatic heterocycles. The summed E-state index contributed by atoms with van der Waals surface area (Å²) in [5, 5.41) is 5.11. The number of carbonyl (C=O) groups is 1. The maximum absolute atomic E-state index is 13.7. The minimum atomic E-state index is -3.57. The molecule has 1 aromatic carbocycles. The summed E-state index contributed by atoms with van der Waals surface area (Å²) in [6.45, 7) is 4.80. The van der Waals surface area contributed by atoms with Crippen LogP contribution in [0.15, 0.2) is 36.5 Å². The molecule has 0 saturated carbocycles. The van der Waals surface area contributed by atoms with Crippen molar-refractivity contribution in [3.8, 4) is 0 Å². The maximum Gasteiger partial charge on any atom is 0.256 e. The van der Waals surface area contributed by atoms with E-state index in [2.05, 4.69) is 16.5 Å². The molecular formula is C24H29ClN6O3S. The number of amides is 1. The molecule has 0 spiro atoms.